The first-order chi connectivity index (χ1) is 14.6. The normalized spacial score (nSPS) is 18.0. The molecule has 5 nitrogen and oxygen atoms in total. The smallest absolute Gasteiger partial charge is 0.255 e. The molecular weight excluding hydrogens is 374 g/mol. The second-order valence-electron chi connectivity index (χ2n) is 8.73. The van der Waals surface area contributed by atoms with Gasteiger partial charge in [0.15, 0.2) is 0 Å². The fourth-order valence-corrected chi connectivity index (χ4v) is 4.28. The number of hydrogen-bond donors (Lipinski definition) is 1. The molecule has 5 heteroatoms. The number of hydrogen-bond acceptors (Lipinski definition) is 3. The number of nitrogens with zero attached hydrogens (tertiary/aromatic N) is 2. The van der Waals surface area contributed by atoms with Gasteiger partial charge in [0.2, 0.25) is 5.91 Å². The molecule has 0 aliphatic carbocycles. The Hall–Kier alpha value is -2.66. The fourth-order valence-electron chi connectivity index (χ4n) is 4.28. The van der Waals surface area contributed by atoms with Gasteiger partial charge in [-0.2, -0.15) is 0 Å². The lowest BCUT2D eigenvalue weighted by atomic mass is 9.99. The third kappa shape index (κ3) is 5.28. The van der Waals surface area contributed by atoms with Gasteiger partial charge in [-0.25, -0.2) is 0 Å². The maximum absolute atomic E-state index is 12.7. The van der Waals surface area contributed by atoms with Gasteiger partial charge in [0.1, 0.15) is 0 Å². The highest BCUT2D eigenvalue weighted by atomic mass is 16.2. The molecule has 2 aromatic rings. The summed E-state index contributed by atoms with van der Waals surface area (Å²) in [5, 5.41) is 2.99. The molecule has 0 atom stereocenters. The van der Waals surface area contributed by atoms with E-state index in [1.807, 2.05) is 41.3 Å². The zero-order valence-corrected chi connectivity index (χ0v) is 17.8. The average molecular weight is 406 g/mol. The van der Waals surface area contributed by atoms with Crippen LogP contribution in [0.25, 0.3) is 0 Å². The molecular formula is C25H31N3O2. The van der Waals surface area contributed by atoms with Crippen LogP contribution in [0.4, 0.5) is 5.69 Å². The monoisotopic (exact) mass is 405 g/mol. The number of rotatable bonds is 6. The Balaban J connectivity index is 1.33. The summed E-state index contributed by atoms with van der Waals surface area (Å²) in [6.45, 7) is 7.01. The lowest BCUT2D eigenvalue weighted by molar-refractivity contribution is -0.128. The minimum Gasteiger partial charge on any atom is -0.338 e. The molecule has 4 rings (SSSR count). The molecule has 2 fully saturated rings. The highest BCUT2D eigenvalue weighted by Gasteiger charge is 2.20. The second-order valence-corrected chi connectivity index (χ2v) is 8.73. The summed E-state index contributed by atoms with van der Waals surface area (Å²) in [4.78, 5) is 28.9. The van der Waals surface area contributed by atoms with Crippen LogP contribution in [-0.4, -0.2) is 41.2 Å². The van der Waals surface area contributed by atoms with Crippen LogP contribution >= 0.6 is 0 Å². The highest BCUT2D eigenvalue weighted by Crippen LogP contribution is 2.20. The van der Waals surface area contributed by atoms with Crippen LogP contribution in [0, 0.1) is 5.92 Å². The van der Waals surface area contributed by atoms with Gasteiger partial charge in [-0.3, -0.25) is 14.5 Å². The van der Waals surface area contributed by atoms with Crippen molar-refractivity contribution in [1.29, 1.82) is 0 Å². The first-order valence-electron chi connectivity index (χ1n) is 11.1. The van der Waals surface area contributed by atoms with Gasteiger partial charge in [0, 0.05) is 37.3 Å². The summed E-state index contributed by atoms with van der Waals surface area (Å²) in [5.74, 6) is 0.916. The molecule has 0 saturated carbocycles. The molecule has 30 heavy (non-hydrogen) atoms. The Morgan fingerprint density at radius 2 is 1.77 bits per heavy atom. The lowest BCUT2D eigenvalue weighted by Gasteiger charge is -2.30. The zero-order valence-electron chi connectivity index (χ0n) is 17.8. The van der Waals surface area contributed by atoms with Gasteiger partial charge in [0.05, 0.1) is 0 Å². The van der Waals surface area contributed by atoms with E-state index in [0.29, 0.717) is 18.5 Å². The maximum Gasteiger partial charge on any atom is 0.255 e. The van der Waals surface area contributed by atoms with Crippen LogP contribution in [-0.2, 0) is 17.9 Å². The zero-order chi connectivity index (χ0) is 20.9. The number of piperidine rings is 1. The molecule has 0 unspecified atom stereocenters. The summed E-state index contributed by atoms with van der Waals surface area (Å²) in [6, 6.07) is 15.7. The van der Waals surface area contributed by atoms with Gasteiger partial charge < -0.3 is 10.2 Å². The predicted octanol–water partition coefficient (Wildman–Crippen LogP) is 4.29. The van der Waals surface area contributed by atoms with E-state index in [0.717, 1.165) is 36.7 Å². The van der Waals surface area contributed by atoms with Crippen molar-refractivity contribution in [3.05, 3.63) is 65.2 Å². The van der Waals surface area contributed by atoms with E-state index in [9.17, 15) is 9.59 Å². The Morgan fingerprint density at radius 1 is 1.00 bits per heavy atom. The molecule has 2 saturated heterocycles. The SMILES string of the molecule is CC1CCN(Cc2ccc(NC(=O)c3cccc(CN4CCCC4=O)c3)cc2)CC1. The van der Waals surface area contributed by atoms with Gasteiger partial charge >= 0.3 is 0 Å². The van der Waals surface area contributed by atoms with Crippen molar-refractivity contribution < 1.29 is 9.59 Å². The number of carbonyl (C=O) groups excluding carboxylic acids is 2. The van der Waals surface area contributed by atoms with Crippen molar-refractivity contribution in [1.82, 2.24) is 9.80 Å². The van der Waals surface area contributed by atoms with E-state index in [1.54, 1.807) is 0 Å². The molecule has 1 N–H and O–H groups in total. The molecule has 2 heterocycles. The Morgan fingerprint density at radius 3 is 2.47 bits per heavy atom. The van der Waals surface area contributed by atoms with Crippen molar-refractivity contribution >= 4 is 17.5 Å². The molecule has 2 aromatic carbocycles. The minimum atomic E-state index is -0.123. The highest BCUT2D eigenvalue weighted by molar-refractivity contribution is 6.04. The van der Waals surface area contributed by atoms with Gasteiger partial charge in [-0.05, 0) is 73.7 Å². The van der Waals surface area contributed by atoms with E-state index in [4.69, 9.17) is 0 Å². The summed E-state index contributed by atoms with van der Waals surface area (Å²) >= 11 is 0. The summed E-state index contributed by atoms with van der Waals surface area (Å²) in [6.07, 6.45) is 4.11. The molecule has 2 amide bonds. The molecule has 0 spiro atoms. The molecule has 2 aliphatic rings. The summed E-state index contributed by atoms with van der Waals surface area (Å²) in [5.41, 5.74) is 3.69. The molecule has 0 aromatic heterocycles. The lowest BCUT2D eigenvalue weighted by Crippen LogP contribution is -2.32. The van der Waals surface area contributed by atoms with Crippen LogP contribution in [0.1, 0.15) is 54.1 Å². The van der Waals surface area contributed by atoms with Crippen molar-refractivity contribution in [3.8, 4) is 0 Å². The molecule has 2 aliphatic heterocycles. The third-order valence-electron chi connectivity index (χ3n) is 6.23. The first kappa shape index (κ1) is 20.6. The summed E-state index contributed by atoms with van der Waals surface area (Å²) < 4.78 is 0. The quantitative estimate of drug-likeness (QED) is 0.780. The maximum atomic E-state index is 12.7. The number of carbonyl (C=O) groups is 2. The topological polar surface area (TPSA) is 52.7 Å². The Bertz CT molecular complexity index is 886. The van der Waals surface area contributed by atoms with Crippen LogP contribution in [0.15, 0.2) is 48.5 Å². The predicted molar refractivity (Wildman–Crippen MR) is 119 cm³/mol. The number of benzene rings is 2. The summed E-state index contributed by atoms with van der Waals surface area (Å²) in [7, 11) is 0. The van der Waals surface area contributed by atoms with Gasteiger partial charge in [-0.15, -0.1) is 0 Å². The van der Waals surface area contributed by atoms with Crippen molar-refractivity contribution in [2.24, 2.45) is 5.92 Å². The molecule has 0 bridgehead atoms. The van der Waals surface area contributed by atoms with Crippen LogP contribution in [0.5, 0.6) is 0 Å². The van der Waals surface area contributed by atoms with E-state index < -0.39 is 0 Å². The Kier molecular flexibility index (Phi) is 6.48. The standard InChI is InChI=1S/C25H31N3O2/c1-19-11-14-27(15-12-19)17-20-7-9-23(10-8-20)26-25(30)22-5-2-4-21(16-22)18-28-13-3-6-24(28)29/h2,4-5,7-10,16,19H,3,6,11-15,17-18H2,1H3,(H,26,30). The van der Waals surface area contributed by atoms with Gasteiger partial charge in [0.25, 0.3) is 5.91 Å². The van der Waals surface area contributed by atoms with Crippen LogP contribution < -0.4 is 5.32 Å². The number of likely N-dealkylation sites (tertiary alicyclic amines) is 2. The number of nitrogens with one attached hydrogen (secondary N) is 1. The molecule has 158 valence electrons. The van der Waals surface area contributed by atoms with E-state index >= 15 is 0 Å². The van der Waals surface area contributed by atoms with E-state index in [1.165, 1.54) is 31.5 Å². The van der Waals surface area contributed by atoms with Crippen LogP contribution in [0.3, 0.4) is 0 Å². The number of amides is 2. The Labute approximate surface area is 179 Å². The largest absolute Gasteiger partial charge is 0.338 e. The van der Waals surface area contributed by atoms with E-state index in [2.05, 4.69) is 29.3 Å². The van der Waals surface area contributed by atoms with Crippen molar-refractivity contribution in [2.75, 3.05) is 25.0 Å². The fraction of sp³-hybridized carbons (Fsp3) is 0.440. The second kappa shape index (κ2) is 9.43. The van der Waals surface area contributed by atoms with Gasteiger partial charge in [-0.1, -0.05) is 31.2 Å². The average Bonchev–Trinajstić information content (AvgIpc) is 3.16. The third-order valence-corrected chi connectivity index (χ3v) is 6.23. The van der Waals surface area contributed by atoms with Crippen molar-refractivity contribution in [2.45, 2.75) is 45.7 Å². The first-order valence-corrected chi connectivity index (χ1v) is 11.1. The van der Waals surface area contributed by atoms with Crippen LogP contribution in [0.2, 0.25) is 0 Å². The number of anilines is 1. The van der Waals surface area contributed by atoms with E-state index in [-0.39, 0.29) is 11.8 Å². The minimum absolute atomic E-state index is 0.123. The van der Waals surface area contributed by atoms with Crippen molar-refractivity contribution in [3.63, 3.8) is 0 Å². The molecule has 0 radical (unpaired) electrons.